The minimum Gasteiger partial charge on any atom is -0.496 e. The molecule has 2 aliphatic heterocycles. The lowest BCUT2D eigenvalue weighted by Gasteiger charge is -2.36. The third kappa shape index (κ3) is 10.3. The summed E-state index contributed by atoms with van der Waals surface area (Å²) in [4.78, 5) is 53.4. The number of piperidine rings is 1. The van der Waals surface area contributed by atoms with E-state index < -0.39 is 6.10 Å². The molecule has 3 amide bonds. The van der Waals surface area contributed by atoms with Gasteiger partial charge in [0.05, 0.1) is 20.4 Å². The Bertz CT molecular complexity index is 1990. The van der Waals surface area contributed by atoms with Gasteiger partial charge in [-0.1, -0.05) is 25.7 Å². The van der Waals surface area contributed by atoms with Crippen LogP contribution in [-0.2, 0) is 27.9 Å². The van der Waals surface area contributed by atoms with Crippen LogP contribution in [0.15, 0.2) is 53.6 Å². The van der Waals surface area contributed by atoms with E-state index >= 15 is 0 Å². The number of hydrogen-bond acceptors (Lipinski definition) is 10. The van der Waals surface area contributed by atoms with Crippen LogP contribution in [0.25, 0.3) is 22.0 Å². The van der Waals surface area contributed by atoms with Crippen molar-refractivity contribution in [3.05, 3.63) is 64.7 Å². The van der Waals surface area contributed by atoms with E-state index in [2.05, 4.69) is 30.6 Å². The molecule has 4 heterocycles. The number of methoxy groups -OCH3 is 2. The molecule has 0 aliphatic carbocycles. The predicted octanol–water partition coefficient (Wildman–Crippen LogP) is 4.73. The van der Waals surface area contributed by atoms with Crippen molar-refractivity contribution in [3.63, 3.8) is 0 Å². The van der Waals surface area contributed by atoms with Gasteiger partial charge < -0.3 is 29.0 Å². The first kappa shape index (κ1) is 40.3. The van der Waals surface area contributed by atoms with E-state index in [1.165, 1.54) is 30.3 Å². The molecule has 2 aliphatic rings. The van der Waals surface area contributed by atoms with Crippen molar-refractivity contribution in [3.8, 4) is 28.4 Å². The molecule has 2 saturated heterocycles. The Balaban J connectivity index is 0.813. The van der Waals surface area contributed by atoms with Crippen LogP contribution in [-0.4, -0.2) is 97.0 Å². The quantitative estimate of drug-likeness (QED) is 0.0899. The van der Waals surface area contributed by atoms with Crippen LogP contribution < -0.4 is 35.3 Å². The van der Waals surface area contributed by atoms with Crippen LogP contribution in [0, 0.1) is 0 Å². The highest BCUT2D eigenvalue weighted by molar-refractivity contribution is 6.00. The highest BCUT2D eigenvalue weighted by atomic mass is 16.5. The molecule has 0 radical (unpaired) electrons. The van der Waals surface area contributed by atoms with Gasteiger partial charge in [0.2, 0.25) is 11.8 Å². The van der Waals surface area contributed by atoms with E-state index in [1.807, 2.05) is 36.4 Å². The normalized spacial score (nSPS) is 16.2. The number of ether oxygens (including phenoxy) is 3. The van der Waals surface area contributed by atoms with Crippen molar-refractivity contribution in [1.29, 1.82) is 0 Å². The zero-order chi connectivity index (χ0) is 39.4. The van der Waals surface area contributed by atoms with Gasteiger partial charge >= 0.3 is 0 Å². The van der Waals surface area contributed by atoms with Crippen molar-refractivity contribution in [2.24, 2.45) is 7.05 Å². The lowest BCUT2D eigenvalue weighted by molar-refractivity contribution is -0.138. The van der Waals surface area contributed by atoms with E-state index in [0.29, 0.717) is 61.4 Å². The molecule has 0 spiro atoms. The fourth-order valence-electron chi connectivity index (χ4n) is 7.59. The van der Waals surface area contributed by atoms with Crippen molar-refractivity contribution < 1.29 is 28.6 Å². The zero-order valence-corrected chi connectivity index (χ0v) is 32.9. The number of amides is 3. The fraction of sp³-hybridized carbons (Fsp3) is 0.500. The van der Waals surface area contributed by atoms with Crippen molar-refractivity contribution in [1.82, 2.24) is 30.3 Å². The first-order valence-electron chi connectivity index (χ1n) is 19.9. The molecular formula is C42H55N7O7. The zero-order valence-electron chi connectivity index (χ0n) is 32.9. The van der Waals surface area contributed by atoms with Crippen LogP contribution in [0.5, 0.6) is 17.2 Å². The number of unbranched alkanes of at least 4 members (excludes halogenated alkanes) is 5. The Morgan fingerprint density at radius 2 is 1.61 bits per heavy atom. The predicted molar refractivity (Wildman–Crippen MR) is 215 cm³/mol. The Morgan fingerprint density at radius 1 is 0.911 bits per heavy atom. The van der Waals surface area contributed by atoms with Gasteiger partial charge in [0.25, 0.3) is 11.5 Å². The molecule has 56 heavy (non-hydrogen) atoms. The highest BCUT2D eigenvalue weighted by Crippen LogP contribution is 2.37. The number of anilines is 1. The number of nitrogens with zero attached hydrogens (tertiary/aromatic N) is 4. The number of carbonyl (C=O) groups is 3. The maximum Gasteiger partial charge on any atom is 0.276 e. The molecule has 4 aromatic rings. The number of piperazine rings is 1. The van der Waals surface area contributed by atoms with E-state index in [0.717, 1.165) is 73.3 Å². The third-order valence-electron chi connectivity index (χ3n) is 10.8. The maximum absolute atomic E-state index is 12.6. The number of aromatic nitrogens is 3. The smallest absolute Gasteiger partial charge is 0.276 e. The first-order chi connectivity index (χ1) is 27.2. The monoisotopic (exact) mass is 769 g/mol. The Labute approximate surface area is 327 Å². The average molecular weight is 770 g/mol. The number of rotatable bonds is 19. The Kier molecular flexibility index (Phi) is 14.0. The number of aryl methyl sites for hydroxylation is 1. The summed E-state index contributed by atoms with van der Waals surface area (Å²) in [6.07, 6.45) is 12.1. The Hall–Kier alpha value is -5.37. The van der Waals surface area contributed by atoms with Gasteiger partial charge in [0.1, 0.15) is 22.8 Å². The van der Waals surface area contributed by atoms with Crippen LogP contribution in [0.1, 0.15) is 69.8 Å². The second-order valence-electron chi connectivity index (χ2n) is 14.7. The van der Waals surface area contributed by atoms with Crippen molar-refractivity contribution in [2.75, 3.05) is 58.4 Å². The minimum absolute atomic E-state index is 0.0583. The van der Waals surface area contributed by atoms with Gasteiger partial charge in [-0.2, -0.15) is 5.10 Å². The lowest BCUT2D eigenvalue weighted by Crippen LogP contribution is -2.46. The van der Waals surface area contributed by atoms with E-state index in [1.54, 1.807) is 33.7 Å². The van der Waals surface area contributed by atoms with Crippen LogP contribution in [0.4, 0.5) is 5.69 Å². The Morgan fingerprint density at radius 3 is 2.30 bits per heavy atom. The molecule has 14 heteroatoms. The lowest BCUT2D eigenvalue weighted by atomic mass is 9.98. The largest absolute Gasteiger partial charge is 0.496 e. The molecule has 2 aromatic heterocycles. The molecule has 1 atom stereocenters. The number of hydrogen-bond donors (Lipinski definition) is 3. The second-order valence-corrected chi connectivity index (χ2v) is 14.7. The summed E-state index contributed by atoms with van der Waals surface area (Å²) in [6.45, 7) is 5.84. The summed E-state index contributed by atoms with van der Waals surface area (Å²) >= 11 is 0. The minimum atomic E-state index is -0.621. The van der Waals surface area contributed by atoms with E-state index in [9.17, 15) is 19.2 Å². The molecule has 2 fully saturated rings. The summed E-state index contributed by atoms with van der Waals surface area (Å²) in [6, 6.07) is 11.8. The van der Waals surface area contributed by atoms with Gasteiger partial charge in [0, 0.05) is 87.4 Å². The summed E-state index contributed by atoms with van der Waals surface area (Å²) in [7, 11) is 4.96. The van der Waals surface area contributed by atoms with Gasteiger partial charge in [-0.05, 0) is 74.2 Å². The highest BCUT2D eigenvalue weighted by Gasteiger charge is 2.28. The topological polar surface area (TPSA) is 160 Å². The number of aromatic amines is 1. The SMILES string of the molecule is COc1cc(-c2cn(C)c(=O)c3[nH]ncc23)cc(OC)c1CCCC(=O)NCCCCCCCCN1CCN(c2ccc(OC3CCC(=O)NC3=O)cc2)CC1. The maximum atomic E-state index is 12.6. The summed E-state index contributed by atoms with van der Waals surface area (Å²) in [5, 5.41) is 13.0. The summed E-state index contributed by atoms with van der Waals surface area (Å²) in [5.41, 5.74) is 4.04. The molecule has 14 nitrogen and oxygen atoms in total. The fourth-order valence-corrected chi connectivity index (χ4v) is 7.59. The number of imide groups is 1. The molecule has 2 aromatic carbocycles. The van der Waals surface area contributed by atoms with Gasteiger partial charge in [-0.25, -0.2) is 0 Å². The van der Waals surface area contributed by atoms with Crippen LogP contribution >= 0.6 is 0 Å². The summed E-state index contributed by atoms with van der Waals surface area (Å²) in [5.74, 6) is 1.43. The van der Waals surface area contributed by atoms with E-state index in [-0.39, 0.29) is 23.3 Å². The molecule has 6 rings (SSSR count). The number of H-pyrrole nitrogens is 1. The molecule has 300 valence electrons. The van der Waals surface area contributed by atoms with Gasteiger partial charge in [0.15, 0.2) is 6.10 Å². The molecular weight excluding hydrogens is 715 g/mol. The third-order valence-corrected chi connectivity index (χ3v) is 10.8. The van der Waals surface area contributed by atoms with Crippen molar-refractivity contribution in [2.45, 2.75) is 76.7 Å². The standard InChI is InChI=1S/C42H55N7O7/c1-47-28-34(33-27-44-46-40(33)42(47)53)29-25-36(54-2)32(37(26-29)55-3)11-10-12-38(50)43-19-8-6-4-5-7-9-20-48-21-23-49(24-22-48)30-13-15-31(16-14-30)56-35-17-18-39(51)45-41(35)52/h13-16,25-28,35H,4-12,17-24H2,1-3H3,(H,43,50)(H,44,46)(H,45,51,52). The van der Waals surface area contributed by atoms with Gasteiger partial charge in [-0.3, -0.25) is 34.5 Å². The number of benzene rings is 2. The molecule has 0 bridgehead atoms. The van der Waals surface area contributed by atoms with E-state index in [4.69, 9.17) is 14.2 Å². The molecule has 1 unspecified atom stereocenters. The second kappa shape index (κ2) is 19.5. The van der Waals surface area contributed by atoms with Gasteiger partial charge in [-0.15, -0.1) is 0 Å². The molecule has 0 saturated carbocycles. The van der Waals surface area contributed by atoms with Crippen molar-refractivity contribution >= 4 is 34.3 Å². The number of carbonyl (C=O) groups excluding carboxylic acids is 3. The van der Waals surface area contributed by atoms with Crippen LogP contribution in [0.3, 0.4) is 0 Å². The number of nitrogens with one attached hydrogen (secondary N) is 3. The summed E-state index contributed by atoms with van der Waals surface area (Å²) < 4.78 is 18.9. The average Bonchev–Trinajstić information content (AvgIpc) is 3.71. The number of pyridine rings is 1. The number of fused-ring (bicyclic) bond motifs is 1. The molecule has 3 N–H and O–H groups in total. The first-order valence-corrected chi connectivity index (χ1v) is 19.9. The van der Waals surface area contributed by atoms with Crippen LogP contribution in [0.2, 0.25) is 0 Å².